The number of aromatic nitrogens is 1. The average Bonchev–Trinajstić information content (AvgIpc) is 2.81. The van der Waals surface area contributed by atoms with E-state index in [-0.39, 0.29) is 0 Å². The highest BCUT2D eigenvalue weighted by atomic mass is 14.9. The van der Waals surface area contributed by atoms with Gasteiger partial charge < -0.3 is 10.3 Å². The van der Waals surface area contributed by atoms with Crippen LogP contribution in [0.4, 0.5) is 5.69 Å². The van der Waals surface area contributed by atoms with Gasteiger partial charge in [0.2, 0.25) is 0 Å². The van der Waals surface area contributed by atoms with Crippen molar-refractivity contribution in [3.8, 4) is 6.07 Å². The Kier molecular flexibility index (Phi) is 2.93. The molecule has 0 spiro atoms. The molecule has 0 fully saturated rings. The summed E-state index contributed by atoms with van der Waals surface area (Å²) in [6.45, 7) is 2.79. The van der Waals surface area contributed by atoms with Crippen molar-refractivity contribution in [2.24, 2.45) is 0 Å². The molecule has 0 saturated heterocycles. The van der Waals surface area contributed by atoms with Gasteiger partial charge in [0, 0.05) is 24.6 Å². The van der Waals surface area contributed by atoms with E-state index in [4.69, 9.17) is 5.26 Å². The molecule has 0 radical (unpaired) electrons. The Morgan fingerprint density at radius 2 is 2.25 bits per heavy atom. The summed E-state index contributed by atoms with van der Waals surface area (Å²) in [5.41, 5.74) is 4.04. The molecule has 0 amide bonds. The summed E-state index contributed by atoms with van der Waals surface area (Å²) in [5, 5.41) is 12.1. The molecule has 0 saturated carbocycles. The average molecular weight is 211 g/mol. The Bertz CT molecular complexity index is 506. The van der Waals surface area contributed by atoms with Gasteiger partial charge in [0.25, 0.3) is 0 Å². The number of hydrogen-bond acceptors (Lipinski definition) is 2. The Labute approximate surface area is 94.7 Å². The molecule has 3 heteroatoms. The summed E-state index contributed by atoms with van der Waals surface area (Å²) >= 11 is 0. The van der Waals surface area contributed by atoms with Gasteiger partial charge in [-0.05, 0) is 36.2 Å². The normalized spacial score (nSPS) is 9.75. The lowest BCUT2D eigenvalue weighted by atomic mass is 10.1. The number of anilines is 1. The first-order valence-electron chi connectivity index (χ1n) is 5.16. The van der Waals surface area contributed by atoms with E-state index >= 15 is 0 Å². The molecule has 0 bridgehead atoms. The van der Waals surface area contributed by atoms with Crippen LogP contribution >= 0.6 is 0 Å². The number of rotatable bonds is 3. The topological polar surface area (TPSA) is 51.6 Å². The number of nitrogens with one attached hydrogen (secondary N) is 2. The fourth-order valence-corrected chi connectivity index (χ4v) is 1.55. The Morgan fingerprint density at radius 1 is 1.38 bits per heavy atom. The molecule has 0 aliphatic rings. The van der Waals surface area contributed by atoms with Crippen LogP contribution in [0.2, 0.25) is 0 Å². The van der Waals surface area contributed by atoms with Crippen molar-refractivity contribution in [3.05, 3.63) is 53.3 Å². The van der Waals surface area contributed by atoms with Crippen LogP contribution in [0.25, 0.3) is 0 Å². The maximum atomic E-state index is 8.82. The van der Waals surface area contributed by atoms with Gasteiger partial charge in [0.05, 0.1) is 11.6 Å². The maximum absolute atomic E-state index is 8.82. The van der Waals surface area contributed by atoms with Crippen molar-refractivity contribution < 1.29 is 0 Å². The van der Waals surface area contributed by atoms with Crippen LogP contribution in [0.5, 0.6) is 0 Å². The predicted octanol–water partition coefficient (Wildman–Crippen LogP) is 2.81. The molecule has 3 nitrogen and oxygen atoms in total. The molecular weight excluding hydrogens is 198 g/mol. The minimum absolute atomic E-state index is 0.683. The summed E-state index contributed by atoms with van der Waals surface area (Å²) in [6, 6.07) is 9.83. The molecule has 1 heterocycles. The summed E-state index contributed by atoms with van der Waals surface area (Å²) in [6.07, 6.45) is 3.85. The lowest BCUT2D eigenvalue weighted by Gasteiger charge is -2.08. The zero-order chi connectivity index (χ0) is 11.4. The van der Waals surface area contributed by atoms with Crippen molar-refractivity contribution in [1.82, 2.24) is 4.98 Å². The second-order valence-electron chi connectivity index (χ2n) is 3.71. The number of nitriles is 1. The van der Waals surface area contributed by atoms with E-state index < -0.39 is 0 Å². The lowest BCUT2D eigenvalue weighted by molar-refractivity contribution is 1.14. The van der Waals surface area contributed by atoms with Crippen molar-refractivity contribution in [1.29, 1.82) is 5.26 Å². The molecule has 16 heavy (non-hydrogen) atoms. The Balaban J connectivity index is 2.12. The van der Waals surface area contributed by atoms with Crippen molar-refractivity contribution in [2.75, 3.05) is 5.32 Å². The number of nitrogens with zero attached hydrogens (tertiary/aromatic N) is 1. The third kappa shape index (κ3) is 2.23. The standard InChI is InChI=1S/C13H13N3/c1-10-2-3-11(7-14)6-13(10)16-9-12-4-5-15-8-12/h2-6,8,15-16H,9H2,1H3. The SMILES string of the molecule is Cc1ccc(C#N)cc1NCc1cc[nH]c1. The van der Waals surface area contributed by atoms with Crippen molar-refractivity contribution >= 4 is 5.69 Å². The van der Waals surface area contributed by atoms with Crippen molar-refractivity contribution in [2.45, 2.75) is 13.5 Å². The molecule has 0 atom stereocenters. The highest BCUT2D eigenvalue weighted by molar-refractivity contribution is 5.55. The van der Waals surface area contributed by atoms with Gasteiger partial charge >= 0.3 is 0 Å². The van der Waals surface area contributed by atoms with Crippen LogP contribution in [0.15, 0.2) is 36.7 Å². The molecule has 1 aromatic heterocycles. The van der Waals surface area contributed by atoms with E-state index in [1.807, 2.05) is 43.6 Å². The zero-order valence-electron chi connectivity index (χ0n) is 9.12. The van der Waals surface area contributed by atoms with E-state index in [0.29, 0.717) is 5.56 Å². The van der Waals surface area contributed by atoms with Crippen molar-refractivity contribution in [3.63, 3.8) is 0 Å². The zero-order valence-corrected chi connectivity index (χ0v) is 9.12. The van der Waals surface area contributed by atoms with E-state index in [0.717, 1.165) is 17.8 Å². The Morgan fingerprint density at radius 3 is 2.94 bits per heavy atom. The molecule has 0 unspecified atom stereocenters. The van der Waals surface area contributed by atoms with Crippen LogP contribution in [0.3, 0.4) is 0 Å². The highest BCUT2D eigenvalue weighted by Crippen LogP contribution is 2.17. The number of aryl methyl sites for hydroxylation is 1. The minimum atomic E-state index is 0.683. The summed E-state index contributed by atoms with van der Waals surface area (Å²) in [4.78, 5) is 3.01. The molecule has 1 aromatic carbocycles. The third-order valence-corrected chi connectivity index (χ3v) is 2.51. The van der Waals surface area contributed by atoms with Gasteiger partial charge in [-0.1, -0.05) is 6.07 Å². The molecule has 80 valence electrons. The van der Waals surface area contributed by atoms with Gasteiger partial charge in [-0.15, -0.1) is 0 Å². The number of aromatic amines is 1. The number of H-pyrrole nitrogens is 1. The molecular formula is C13H13N3. The molecule has 2 aromatic rings. The van der Waals surface area contributed by atoms with Crippen LogP contribution in [0.1, 0.15) is 16.7 Å². The Hall–Kier alpha value is -2.21. The third-order valence-electron chi connectivity index (χ3n) is 2.51. The van der Waals surface area contributed by atoms with Gasteiger partial charge in [-0.2, -0.15) is 5.26 Å². The van der Waals surface area contributed by atoms with Crippen LogP contribution in [-0.2, 0) is 6.54 Å². The second kappa shape index (κ2) is 4.54. The number of hydrogen-bond donors (Lipinski definition) is 2. The fraction of sp³-hybridized carbons (Fsp3) is 0.154. The van der Waals surface area contributed by atoms with E-state index in [1.54, 1.807) is 0 Å². The quantitative estimate of drug-likeness (QED) is 0.820. The van der Waals surface area contributed by atoms with Crippen LogP contribution in [-0.4, -0.2) is 4.98 Å². The monoisotopic (exact) mass is 211 g/mol. The van der Waals surface area contributed by atoms with Gasteiger partial charge in [0.1, 0.15) is 0 Å². The van der Waals surface area contributed by atoms with E-state index in [9.17, 15) is 0 Å². The molecule has 2 rings (SSSR count). The molecule has 0 aliphatic carbocycles. The predicted molar refractivity (Wildman–Crippen MR) is 64.0 cm³/mol. The lowest BCUT2D eigenvalue weighted by Crippen LogP contribution is -2.00. The highest BCUT2D eigenvalue weighted by Gasteiger charge is 2.00. The first-order valence-corrected chi connectivity index (χ1v) is 5.16. The van der Waals surface area contributed by atoms with Gasteiger partial charge in [0.15, 0.2) is 0 Å². The van der Waals surface area contributed by atoms with Crippen LogP contribution in [0, 0.1) is 18.3 Å². The van der Waals surface area contributed by atoms with E-state index in [1.165, 1.54) is 5.56 Å². The van der Waals surface area contributed by atoms with Gasteiger partial charge in [-0.3, -0.25) is 0 Å². The van der Waals surface area contributed by atoms with E-state index in [2.05, 4.69) is 16.4 Å². The second-order valence-corrected chi connectivity index (χ2v) is 3.71. The largest absolute Gasteiger partial charge is 0.381 e. The minimum Gasteiger partial charge on any atom is -0.381 e. The first kappa shape index (κ1) is 10.3. The first-order chi connectivity index (χ1) is 7.79. The summed E-state index contributed by atoms with van der Waals surface area (Å²) in [5.74, 6) is 0. The summed E-state index contributed by atoms with van der Waals surface area (Å²) < 4.78 is 0. The van der Waals surface area contributed by atoms with Crippen LogP contribution < -0.4 is 5.32 Å². The molecule has 0 aliphatic heterocycles. The molecule has 2 N–H and O–H groups in total. The summed E-state index contributed by atoms with van der Waals surface area (Å²) in [7, 11) is 0. The maximum Gasteiger partial charge on any atom is 0.0992 e. The van der Waals surface area contributed by atoms with Gasteiger partial charge in [-0.25, -0.2) is 0 Å². The number of benzene rings is 1. The smallest absolute Gasteiger partial charge is 0.0992 e. The fourth-order valence-electron chi connectivity index (χ4n) is 1.55.